The van der Waals surface area contributed by atoms with Crippen LogP contribution in [-0.4, -0.2) is 41.7 Å². The minimum Gasteiger partial charge on any atom is -0.497 e. The van der Waals surface area contributed by atoms with E-state index in [1.54, 1.807) is 62.6 Å². The number of nitrogens with one attached hydrogen (secondary N) is 1. The van der Waals surface area contributed by atoms with Crippen LogP contribution in [0.5, 0.6) is 17.2 Å². The molecule has 8 nitrogen and oxygen atoms in total. The highest BCUT2D eigenvalue weighted by Gasteiger charge is 2.30. The molecular weight excluding hydrogens is 480 g/mol. The number of hydrogen-bond acceptors (Lipinski definition) is 6. The lowest BCUT2D eigenvalue weighted by Gasteiger charge is -2.26. The molecule has 0 fully saturated rings. The number of methoxy groups -OCH3 is 2. The molecule has 1 atom stereocenters. The van der Waals surface area contributed by atoms with Gasteiger partial charge in [0.15, 0.2) is 0 Å². The van der Waals surface area contributed by atoms with Gasteiger partial charge in [-0.1, -0.05) is 18.2 Å². The Morgan fingerprint density at radius 3 is 2.17 bits per heavy atom. The van der Waals surface area contributed by atoms with Crippen molar-refractivity contribution in [1.82, 2.24) is 5.32 Å². The Labute approximate surface area is 212 Å². The molecule has 0 aliphatic rings. The maximum Gasteiger partial charge on any atom is 0.268 e. The Hall–Kier alpha value is -3.72. The molecule has 0 heterocycles. The molecule has 9 heteroatoms. The van der Waals surface area contributed by atoms with Gasteiger partial charge in [-0.3, -0.25) is 9.10 Å². The Bertz CT molecular complexity index is 1270. The van der Waals surface area contributed by atoms with Gasteiger partial charge in [-0.15, -0.1) is 0 Å². The number of anilines is 1. The average molecular weight is 513 g/mol. The molecule has 3 aromatic rings. The zero-order chi connectivity index (χ0) is 26.3. The molecule has 1 N–H and O–H groups in total. The van der Waals surface area contributed by atoms with Gasteiger partial charge in [0.25, 0.3) is 10.0 Å². The minimum atomic E-state index is -4.16. The molecule has 3 rings (SSSR count). The third kappa shape index (κ3) is 6.28. The topological polar surface area (TPSA) is 94.2 Å². The van der Waals surface area contributed by atoms with E-state index in [4.69, 9.17) is 14.2 Å². The van der Waals surface area contributed by atoms with Crippen molar-refractivity contribution in [2.75, 3.05) is 31.7 Å². The van der Waals surface area contributed by atoms with E-state index in [1.807, 2.05) is 26.0 Å². The van der Waals surface area contributed by atoms with E-state index in [2.05, 4.69) is 5.32 Å². The normalized spacial score (nSPS) is 11.9. The molecule has 192 valence electrons. The first-order valence-electron chi connectivity index (χ1n) is 11.5. The van der Waals surface area contributed by atoms with E-state index in [0.717, 1.165) is 15.4 Å². The highest BCUT2D eigenvalue weighted by atomic mass is 32.2. The standard InChI is InChI=1S/C27H32N2O6S/c1-6-35-24-14-10-22(11-15-24)29(36(31,32)26-17-19(2)7-16-25(26)34-5)18-27(30)28-20(3)21-8-12-23(33-4)13-9-21/h7-17,20H,6,18H2,1-5H3,(H,28,30)/t20-/m1/s1. The summed E-state index contributed by atoms with van der Waals surface area (Å²) in [5.41, 5.74) is 1.94. The smallest absolute Gasteiger partial charge is 0.268 e. The van der Waals surface area contributed by atoms with Crippen LogP contribution in [0.15, 0.2) is 71.6 Å². The highest BCUT2D eigenvalue weighted by molar-refractivity contribution is 7.93. The van der Waals surface area contributed by atoms with Crippen molar-refractivity contribution in [1.29, 1.82) is 0 Å². The summed E-state index contributed by atoms with van der Waals surface area (Å²) in [6, 6.07) is 18.4. The largest absolute Gasteiger partial charge is 0.497 e. The van der Waals surface area contributed by atoms with Crippen molar-refractivity contribution in [2.24, 2.45) is 0 Å². The molecule has 0 radical (unpaired) electrons. The Morgan fingerprint density at radius 1 is 0.944 bits per heavy atom. The Kier molecular flexibility index (Phi) is 8.82. The van der Waals surface area contributed by atoms with Crippen LogP contribution in [0.3, 0.4) is 0 Å². The summed E-state index contributed by atoms with van der Waals surface area (Å²) in [6.45, 7) is 5.55. The van der Waals surface area contributed by atoms with Crippen LogP contribution in [0, 0.1) is 6.92 Å². The number of rotatable bonds is 11. The van der Waals surface area contributed by atoms with Crippen molar-refractivity contribution in [3.63, 3.8) is 0 Å². The van der Waals surface area contributed by atoms with E-state index in [0.29, 0.717) is 23.8 Å². The van der Waals surface area contributed by atoms with E-state index in [9.17, 15) is 13.2 Å². The summed E-state index contributed by atoms with van der Waals surface area (Å²) in [4.78, 5) is 13.1. The first kappa shape index (κ1) is 26.9. The van der Waals surface area contributed by atoms with Crippen LogP contribution in [0.1, 0.15) is 31.0 Å². The fourth-order valence-corrected chi connectivity index (χ4v) is 5.35. The molecule has 0 bridgehead atoms. The van der Waals surface area contributed by atoms with Gasteiger partial charge in [0.2, 0.25) is 5.91 Å². The van der Waals surface area contributed by atoms with Crippen LogP contribution in [0.4, 0.5) is 5.69 Å². The minimum absolute atomic E-state index is 0.0186. The maximum absolute atomic E-state index is 13.9. The van der Waals surface area contributed by atoms with Crippen LogP contribution in [0.25, 0.3) is 0 Å². The molecule has 0 unspecified atom stereocenters. The van der Waals surface area contributed by atoms with Gasteiger partial charge in [0.1, 0.15) is 28.7 Å². The molecule has 0 spiro atoms. The SMILES string of the molecule is CCOc1ccc(N(CC(=O)N[C@H](C)c2ccc(OC)cc2)S(=O)(=O)c2cc(C)ccc2OC)cc1. The number of hydrogen-bond donors (Lipinski definition) is 1. The number of sulfonamides is 1. The summed E-state index contributed by atoms with van der Waals surface area (Å²) >= 11 is 0. The van der Waals surface area contributed by atoms with E-state index in [1.165, 1.54) is 13.2 Å². The average Bonchev–Trinajstić information content (AvgIpc) is 2.88. The van der Waals surface area contributed by atoms with Gasteiger partial charge in [-0.25, -0.2) is 8.42 Å². The number of ether oxygens (including phenoxy) is 3. The molecule has 0 saturated carbocycles. The number of benzene rings is 3. The Morgan fingerprint density at radius 2 is 1.58 bits per heavy atom. The monoisotopic (exact) mass is 512 g/mol. The lowest BCUT2D eigenvalue weighted by atomic mass is 10.1. The summed E-state index contributed by atoms with van der Waals surface area (Å²) in [5, 5.41) is 2.89. The molecule has 3 aromatic carbocycles. The third-order valence-electron chi connectivity index (χ3n) is 5.60. The van der Waals surface area contributed by atoms with Gasteiger partial charge >= 0.3 is 0 Å². The van der Waals surface area contributed by atoms with Crippen molar-refractivity contribution in [3.05, 3.63) is 77.9 Å². The summed E-state index contributed by atoms with van der Waals surface area (Å²) in [5.74, 6) is 1.05. The number of carbonyl (C=O) groups excluding carboxylic acids is 1. The van der Waals surface area contributed by atoms with E-state index in [-0.39, 0.29) is 16.7 Å². The quantitative estimate of drug-likeness (QED) is 0.407. The molecule has 0 aliphatic carbocycles. The van der Waals surface area contributed by atoms with Crippen LogP contribution < -0.4 is 23.8 Å². The molecule has 36 heavy (non-hydrogen) atoms. The van der Waals surface area contributed by atoms with Gasteiger partial charge < -0.3 is 19.5 Å². The van der Waals surface area contributed by atoms with Gasteiger partial charge in [0, 0.05) is 0 Å². The Balaban J connectivity index is 1.94. The van der Waals surface area contributed by atoms with Gasteiger partial charge in [-0.05, 0) is 80.4 Å². The molecule has 0 saturated heterocycles. The predicted octanol–water partition coefficient (Wildman–Crippen LogP) is 4.48. The van der Waals surface area contributed by atoms with E-state index < -0.39 is 22.5 Å². The van der Waals surface area contributed by atoms with E-state index >= 15 is 0 Å². The fourth-order valence-electron chi connectivity index (χ4n) is 3.69. The first-order chi connectivity index (χ1) is 17.2. The molecule has 0 aliphatic heterocycles. The molecule has 0 aromatic heterocycles. The lowest BCUT2D eigenvalue weighted by Crippen LogP contribution is -2.41. The summed E-state index contributed by atoms with van der Waals surface area (Å²) < 4.78 is 44.8. The highest BCUT2D eigenvalue weighted by Crippen LogP contribution is 2.31. The molecular formula is C27H32N2O6S. The first-order valence-corrected chi connectivity index (χ1v) is 13.0. The fraction of sp³-hybridized carbons (Fsp3) is 0.296. The van der Waals surface area contributed by atoms with Crippen LogP contribution in [-0.2, 0) is 14.8 Å². The van der Waals surface area contributed by atoms with Crippen molar-refractivity contribution < 1.29 is 27.4 Å². The number of aryl methyl sites for hydroxylation is 1. The second-order valence-electron chi connectivity index (χ2n) is 8.16. The predicted molar refractivity (Wildman–Crippen MR) is 139 cm³/mol. The second kappa shape index (κ2) is 11.8. The second-order valence-corrected chi connectivity index (χ2v) is 9.99. The van der Waals surface area contributed by atoms with Crippen molar-refractivity contribution >= 4 is 21.6 Å². The zero-order valence-corrected chi connectivity index (χ0v) is 22.0. The number of amides is 1. The third-order valence-corrected chi connectivity index (χ3v) is 7.40. The zero-order valence-electron chi connectivity index (χ0n) is 21.1. The number of nitrogens with zero attached hydrogens (tertiary/aromatic N) is 1. The van der Waals surface area contributed by atoms with Crippen molar-refractivity contribution in [2.45, 2.75) is 31.7 Å². The summed E-state index contributed by atoms with van der Waals surface area (Å²) in [7, 11) is -1.17. The lowest BCUT2D eigenvalue weighted by molar-refractivity contribution is -0.120. The maximum atomic E-state index is 13.9. The van der Waals surface area contributed by atoms with Crippen molar-refractivity contribution in [3.8, 4) is 17.2 Å². The van der Waals surface area contributed by atoms with Crippen LogP contribution >= 0.6 is 0 Å². The van der Waals surface area contributed by atoms with Gasteiger partial charge in [-0.2, -0.15) is 0 Å². The number of carbonyl (C=O) groups is 1. The summed E-state index contributed by atoms with van der Waals surface area (Å²) in [6.07, 6.45) is 0. The van der Waals surface area contributed by atoms with Crippen LogP contribution in [0.2, 0.25) is 0 Å². The molecule has 1 amide bonds. The van der Waals surface area contributed by atoms with Gasteiger partial charge in [0.05, 0.1) is 32.6 Å².